The van der Waals surface area contributed by atoms with Crippen molar-refractivity contribution in [2.24, 2.45) is 5.84 Å². The van der Waals surface area contributed by atoms with Crippen molar-refractivity contribution in [2.45, 2.75) is 6.92 Å². The minimum atomic E-state index is -0.372. The molecule has 1 aromatic rings. The summed E-state index contributed by atoms with van der Waals surface area (Å²) in [5.74, 6) is 4.55. The Morgan fingerprint density at radius 3 is 2.83 bits per heavy atom. The first kappa shape index (κ1) is 10.8. The van der Waals surface area contributed by atoms with Gasteiger partial charge in [0.2, 0.25) is 0 Å². The van der Waals surface area contributed by atoms with Crippen molar-refractivity contribution in [2.75, 3.05) is 0 Å². The first-order valence-corrected chi connectivity index (χ1v) is 3.03. The molecule has 3 N–H and O–H groups in total. The van der Waals surface area contributed by atoms with Crippen molar-refractivity contribution < 1.29 is 4.79 Å². The molecular formula is C6H9ClN4O. The van der Waals surface area contributed by atoms with Crippen molar-refractivity contribution in [3.8, 4) is 0 Å². The van der Waals surface area contributed by atoms with Gasteiger partial charge in [-0.15, -0.1) is 12.4 Å². The summed E-state index contributed by atoms with van der Waals surface area (Å²) in [6.07, 6.45) is 2.80. The van der Waals surface area contributed by atoms with Crippen molar-refractivity contribution in [1.82, 2.24) is 15.4 Å². The fraction of sp³-hybridized carbons (Fsp3) is 0.167. The molecule has 6 heteroatoms. The second kappa shape index (κ2) is 4.63. The number of aromatic nitrogens is 2. The van der Waals surface area contributed by atoms with Gasteiger partial charge >= 0.3 is 0 Å². The minimum absolute atomic E-state index is 0. The van der Waals surface area contributed by atoms with Gasteiger partial charge in [-0.2, -0.15) is 0 Å². The topological polar surface area (TPSA) is 80.9 Å². The van der Waals surface area contributed by atoms with Crippen LogP contribution in [-0.4, -0.2) is 15.9 Å². The number of hydrogen-bond acceptors (Lipinski definition) is 4. The average Bonchev–Trinajstić information content (AvgIpc) is 2.04. The molecule has 5 nitrogen and oxygen atoms in total. The monoisotopic (exact) mass is 188 g/mol. The summed E-state index contributed by atoms with van der Waals surface area (Å²) in [5.41, 5.74) is 3.02. The summed E-state index contributed by atoms with van der Waals surface area (Å²) in [4.78, 5) is 18.4. The summed E-state index contributed by atoms with van der Waals surface area (Å²) >= 11 is 0. The van der Waals surface area contributed by atoms with E-state index in [2.05, 4.69) is 9.97 Å². The average molecular weight is 189 g/mol. The first-order chi connectivity index (χ1) is 5.25. The molecule has 1 amide bonds. The van der Waals surface area contributed by atoms with E-state index < -0.39 is 0 Å². The SMILES string of the molecule is Cc1ncncc1C(=O)NN.Cl. The molecule has 0 aromatic carbocycles. The van der Waals surface area contributed by atoms with Crippen LogP contribution >= 0.6 is 12.4 Å². The molecule has 0 fully saturated rings. The van der Waals surface area contributed by atoms with Crippen LogP contribution in [0.5, 0.6) is 0 Å². The molecule has 1 aromatic heterocycles. The van der Waals surface area contributed by atoms with Crippen LogP contribution in [0, 0.1) is 6.92 Å². The van der Waals surface area contributed by atoms with Crippen LogP contribution in [0.15, 0.2) is 12.5 Å². The Bertz CT molecular complexity index is 278. The number of halogens is 1. The van der Waals surface area contributed by atoms with Crippen LogP contribution in [0.3, 0.4) is 0 Å². The highest BCUT2D eigenvalue weighted by Gasteiger charge is 2.06. The number of aryl methyl sites for hydroxylation is 1. The van der Waals surface area contributed by atoms with Gasteiger partial charge in [0.1, 0.15) is 6.33 Å². The number of nitrogens with one attached hydrogen (secondary N) is 1. The van der Waals surface area contributed by atoms with Crippen LogP contribution < -0.4 is 11.3 Å². The molecule has 0 aliphatic heterocycles. The Labute approximate surface area is 75.8 Å². The zero-order valence-electron chi connectivity index (χ0n) is 6.44. The summed E-state index contributed by atoms with van der Waals surface area (Å²) in [6, 6.07) is 0. The lowest BCUT2D eigenvalue weighted by atomic mass is 10.2. The third kappa shape index (κ3) is 2.14. The molecule has 12 heavy (non-hydrogen) atoms. The van der Waals surface area contributed by atoms with Crippen LogP contribution in [0.2, 0.25) is 0 Å². The standard InChI is InChI=1S/C6H8N4O.ClH/c1-4-5(6(11)10-7)2-8-3-9-4;/h2-3H,7H2,1H3,(H,10,11);1H. The fourth-order valence-corrected chi connectivity index (χ4v) is 0.691. The van der Waals surface area contributed by atoms with E-state index >= 15 is 0 Å². The predicted octanol–water partition coefficient (Wildman–Crippen LogP) is -0.190. The van der Waals surface area contributed by atoms with Gasteiger partial charge in [0.15, 0.2) is 0 Å². The van der Waals surface area contributed by atoms with E-state index in [1.165, 1.54) is 12.5 Å². The third-order valence-electron chi connectivity index (χ3n) is 1.29. The van der Waals surface area contributed by atoms with Gasteiger partial charge in [-0.1, -0.05) is 0 Å². The fourth-order valence-electron chi connectivity index (χ4n) is 0.691. The number of hydrogen-bond donors (Lipinski definition) is 2. The molecular weight excluding hydrogens is 180 g/mol. The molecule has 0 unspecified atom stereocenters. The molecule has 1 rings (SSSR count). The van der Waals surface area contributed by atoms with Crippen molar-refractivity contribution in [3.05, 3.63) is 23.8 Å². The van der Waals surface area contributed by atoms with Gasteiger partial charge in [-0.3, -0.25) is 10.2 Å². The number of nitrogen functional groups attached to an aromatic ring is 1. The van der Waals surface area contributed by atoms with Gasteiger partial charge in [-0.25, -0.2) is 15.8 Å². The highest BCUT2D eigenvalue weighted by molar-refractivity contribution is 5.94. The van der Waals surface area contributed by atoms with E-state index in [-0.39, 0.29) is 18.3 Å². The number of carbonyl (C=O) groups is 1. The maximum atomic E-state index is 10.9. The molecule has 0 spiro atoms. The van der Waals surface area contributed by atoms with E-state index in [0.29, 0.717) is 11.3 Å². The number of nitrogens with zero attached hydrogens (tertiary/aromatic N) is 2. The number of hydrazine groups is 1. The Morgan fingerprint density at radius 2 is 2.33 bits per heavy atom. The Kier molecular flexibility index (Phi) is 4.17. The molecule has 0 bridgehead atoms. The molecule has 0 aliphatic rings. The quantitative estimate of drug-likeness (QED) is 0.364. The molecule has 66 valence electrons. The van der Waals surface area contributed by atoms with Crippen molar-refractivity contribution >= 4 is 18.3 Å². The predicted molar refractivity (Wildman–Crippen MR) is 45.7 cm³/mol. The number of amides is 1. The number of carbonyl (C=O) groups excluding carboxylic acids is 1. The number of nitrogens with two attached hydrogens (primary N) is 1. The van der Waals surface area contributed by atoms with E-state index in [4.69, 9.17) is 5.84 Å². The second-order valence-corrected chi connectivity index (χ2v) is 2.00. The highest BCUT2D eigenvalue weighted by atomic mass is 35.5. The Balaban J connectivity index is 0.00000121. The van der Waals surface area contributed by atoms with Gasteiger partial charge < -0.3 is 0 Å². The van der Waals surface area contributed by atoms with Crippen molar-refractivity contribution in [1.29, 1.82) is 0 Å². The van der Waals surface area contributed by atoms with Gasteiger partial charge in [0.05, 0.1) is 11.3 Å². The summed E-state index contributed by atoms with van der Waals surface area (Å²) in [6.45, 7) is 1.71. The maximum absolute atomic E-state index is 10.9. The van der Waals surface area contributed by atoms with E-state index in [1.54, 1.807) is 6.92 Å². The largest absolute Gasteiger partial charge is 0.290 e. The van der Waals surface area contributed by atoms with Crippen molar-refractivity contribution in [3.63, 3.8) is 0 Å². The Hall–Kier alpha value is -1.20. The molecule has 0 saturated carbocycles. The van der Waals surface area contributed by atoms with Gasteiger partial charge in [0.25, 0.3) is 5.91 Å². The first-order valence-electron chi connectivity index (χ1n) is 3.03. The minimum Gasteiger partial charge on any atom is -0.290 e. The van der Waals surface area contributed by atoms with Crippen LogP contribution in [-0.2, 0) is 0 Å². The van der Waals surface area contributed by atoms with E-state index in [0.717, 1.165) is 0 Å². The smallest absolute Gasteiger partial charge is 0.268 e. The van der Waals surface area contributed by atoms with Gasteiger partial charge in [-0.05, 0) is 6.92 Å². The molecule has 1 heterocycles. The molecule has 0 radical (unpaired) electrons. The molecule has 0 atom stereocenters. The van der Waals surface area contributed by atoms with Gasteiger partial charge in [0, 0.05) is 6.20 Å². The molecule has 0 saturated heterocycles. The highest BCUT2D eigenvalue weighted by Crippen LogP contribution is 1.99. The van der Waals surface area contributed by atoms with E-state index in [1.807, 2.05) is 5.43 Å². The second-order valence-electron chi connectivity index (χ2n) is 2.00. The maximum Gasteiger partial charge on any atom is 0.268 e. The zero-order chi connectivity index (χ0) is 8.27. The summed E-state index contributed by atoms with van der Waals surface area (Å²) in [7, 11) is 0. The van der Waals surface area contributed by atoms with E-state index in [9.17, 15) is 4.79 Å². The Morgan fingerprint density at radius 1 is 1.67 bits per heavy atom. The normalized spacial score (nSPS) is 8.50. The van der Waals surface area contributed by atoms with Crippen LogP contribution in [0.4, 0.5) is 0 Å². The zero-order valence-corrected chi connectivity index (χ0v) is 7.26. The molecule has 0 aliphatic carbocycles. The summed E-state index contributed by atoms with van der Waals surface area (Å²) in [5, 5.41) is 0. The lowest BCUT2D eigenvalue weighted by Gasteiger charge is -1.99. The van der Waals surface area contributed by atoms with Crippen LogP contribution in [0.1, 0.15) is 16.1 Å². The lowest BCUT2D eigenvalue weighted by molar-refractivity contribution is 0.0952. The van der Waals surface area contributed by atoms with Crippen LogP contribution in [0.25, 0.3) is 0 Å². The number of rotatable bonds is 1. The lowest BCUT2D eigenvalue weighted by Crippen LogP contribution is -2.30. The third-order valence-corrected chi connectivity index (χ3v) is 1.29. The summed E-state index contributed by atoms with van der Waals surface area (Å²) < 4.78 is 0.